The molecule has 0 aromatic heterocycles. The quantitative estimate of drug-likeness (QED) is 0.511. The molecule has 0 heterocycles. The molecule has 0 radical (unpaired) electrons. The topological polar surface area (TPSA) is 57.5 Å². The predicted molar refractivity (Wildman–Crippen MR) is 44.3 cm³/mol. The third kappa shape index (κ3) is 1.56. The SMILES string of the molecule is Cc1cc(O)c(O)cc1CC=O. The zero-order chi connectivity index (χ0) is 9.14. The second-order valence-electron chi connectivity index (χ2n) is 2.64. The Labute approximate surface area is 70.3 Å². The molecular weight excluding hydrogens is 156 g/mol. The number of carbonyl (C=O) groups is 1. The molecule has 1 aromatic rings. The van der Waals surface area contributed by atoms with Crippen LogP contribution in [0.1, 0.15) is 11.1 Å². The molecule has 0 atom stereocenters. The molecule has 1 rings (SSSR count). The summed E-state index contributed by atoms with van der Waals surface area (Å²) in [5.74, 6) is -0.334. The normalized spacial score (nSPS) is 9.75. The molecule has 0 saturated heterocycles. The summed E-state index contributed by atoms with van der Waals surface area (Å²) in [4.78, 5) is 10.2. The van der Waals surface area contributed by atoms with Crippen molar-refractivity contribution >= 4 is 6.29 Å². The highest BCUT2D eigenvalue weighted by Gasteiger charge is 2.04. The van der Waals surface area contributed by atoms with Crippen LogP contribution in [0.2, 0.25) is 0 Å². The first kappa shape index (κ1) is 8.59. The largest absolute Gasteiger partial charge is 0.504 e. The Balaban J connectivity index is 3.13. The smallest absolute Gasteiger partial charge is 0.157 e. The summed E-state index contributed by atoms with van der Waals surface area (Å²) in [6.07, 6.45) is 1.03. The first-order valence-corrected chi connectivity index (χ1v) is 3.60. The Kier molecular flexibility index (Phi) is 2.33. The molecule has 0 aliphatic rings. The van der Waals surface area contributed by atoms with Gasteiger partial charge in [-0.3, -0.25) is 0 Å². The van der Waals surface area contributed by atoms with E-state index in [-0.39, 0.29) is 17.9 Å². The summed E-state index contributed by atoms with van der Waals surface area (Å²) in [6.45, 7) is 1.78. The van der Waals surface area contributed by atoms with Gasteiger partial charge in [0.25, 0.3) is 0 Å². The van der Waals surface area contributed by atoms with Crippen molar-refractivity contribution in [3.8, 4) is 11.5 Å². The molecule has 0 bridgehead atoms. The molecule has 0 aliphatic carbocycles. The van der Waals surface area contributed by atoms with Gasteiger partial charge in [0, 0.05) is 6.42 Å². The van der Waals surface area contributed by atoms with Gasteiger partial charge in [0.1, 0.15) is 6.29 Å². The van der Waals surface area contributed by atoms with Gasteiger partial charge in [-0.15, -0.1) is 0 Å². The summed E-state index contributed by atoms with van der Waals surface area (Å²) in [7, 11) is 0. The number of phenols is 2. The number of phenolic OH excluding ortho intramolecular Hbond substituents is 2. The van der Waals surface area contributed by atoms with Gasteiger partial charge in [0.15, 0.2) is 11.5 Å². The van der Waals surface area contributed by atoms with Gasteiger partial charge in [0.2, 0.25) is 0 Å². The zero-order valence-corrected chi connectivity index (χ0v) is 6.74. The Morgan fingerprint density at radius 3 is 2.50 bits per heavy atom. The standard InChI is InChI=1S/C9H10O3/c1-6-4-8(11)9(12)5-7(6)2-3-10/h3-5,11-12H,2H2,1H3. The molecule has 0 amide bonds. The summed E-state index contributed by atoms with van der Waals surface area (Å²) in [5, 5.41) is 18.1. The third-order valence-electron chi connectivity index (χ3n) is 1.74. The van der Waals surface area contributed by atoms with Crippen molar-refractivity contribution in [2.45, 2.75) is 13.3 Å². The lowest BCUT2D eigenvalue weighted by Crippen LogP contribution is -1.89. The third-order valence-corrected chi connectivity index (χ3v) is 1.74. The summed E-state index contributed by atoms with van der Waals surface area (Å²) in [5.41, 5.74) is 1.54. The number of rotatable bonds is 2. The van der Waals surface area contributed by atoms with E-state index in [9.17, 15) is 4.79 Å². The maximum absolute atomic E-state index is 10.2. The van der Waals surface area contributed by atoms with Crippen LogP contribution in [0.4, 0.5) is 0 Å². The van der Waals surface area contributed by atoms with E-state index in [2.05, 4.69) is 0 Å². The van der Waals surface area contributed by atoms with Crippen LogP contribution in [0.3, 0.4) is 0 Å². The number of aldehydes is 1. The zero-order valence-electron chi connectivity index (χ0n) is 6.74. The number of hydrogen-bond acceptors (Lipinski definition) is 3. The molecule has 64 valence electrons. The van der Waals surface area contributed by atoms with Crippen LogP contribution in [0, 0.1) is 6.92 Å². The van der Waals surface area contributed by atoms with Crippen LogP contribution >= 0.6 is 0 Å². The van der Waals surface area contributed by atoms with E-state index in [1.807, 2.05) is 0 Å². The van der Waals surface area contributed by atoms with E-state index in [4.69, 9.17) is 10.2 Å². The van der Waals surface area contributed by atoms with E-state index in [1.54, 1.807) is 6.92 Å². The fourth-order valence-corrected chi connectivity index (χ4v) is 1.03. The molecule has 0 fully saturated rings. The van der Waals surface area contributed by atoms with Crippen LogP contribution < -0.4 is 0 Å². The fraction of sp³-hybridized carbons (Fsp3) is 0.222. The van der Waals surface area contributed by atoms with Gasteiger partial charge in [-0.1, -0.05) is 0 Å². The second kappa shape index (κ2) is 3.26. The van der Waals surface area contributed by atoms with Gasteiger partial charge in [-0.25, -0.2) is 0 Å². The average Bonchev–Trinajstić information content (AvgIpc) is 2.01. The second-order valence-corrected chi connectivity index (χ2v) is 2.64. The Bertz CT molecular complexity index is 305. The first-order chi connectivity index (χ1) is 5.65. The van der Waals surface area contributed by atoms with E-state index in [0.717, 1.165) is 17.4 Å². The predicted octanol–water partition coefficient (Wildman–Crippen LogP) is 1.15. The Hall–Kier alpha value is -1.51. The van der Waals surface area contributed by atoms with Gasteiger partial charge >= 0.3 is 0 Å². The highest BCUT2D eigenvalue weighted by atomic mass is 16.3. The van der Waals surface area contributed by atoms with E-state index < -0.39 is 0 Å². The lowest BCUT2D eigenvalue weighted by molar-refractivity contribution is -0.107. The number of hydrogen-bond donors (Lipinski definition) is 2. The van der Waals surface area contributed by atoms with Gasteiger partial charge in [-0.05, 0) is 30.2 Å². The Morgan fingerprint density at radius 1 is 1.33 bits per heavy atom. The lowest BCUT2D eigenvalue weighted by Gasteiger charge is -2.04. The van der Waals surface area contributed by atoms with Crippen LogP contribution in [0.15, 0.2) is 12.1 Å². The van der Waals surface area contributed by atoms with Crippen molar-refractivity contribution in [2.24, 2.45) is 0 Å². The minimum absolute atomic E-state index is 0.151. The number of aryl methyl sites for hydroxylation is 1. The van der Waals surface area contributed by atoms with Gasteiger partial charge in [0.05, 0.1) is 0 Å². The number of carbonyl (C=O) groups excluding carboxylic acids is 1. The van der Waals surface area contributed by atoms with Crippen LogP contribution in [0.25, 0.3) is 0 Å². The van der Waals surface area contributed by atoms with Crippen molar-refractivity contribution in [2.75, 3.05) is 0 Å². The molecule has 3 nitrogen and oxygen atoms in total. The fourth-order valence-electron chi connectivity index (χ4n) is 1.03. The molecule has 12 heavy (non-hydrogen) atoms. The minimum Gasteiger partial charge on any atom is -0.504 e. The van der Waals surface area contributed by atoms with Crippen LogP contribution in [-0.2, 0) is 11.2 Å². The van der Waals surface area contributed by atoms with Crippen molar-refractivity contribution in [1.29, 1.82) is 0 Å². The lowest BCUT2D eigenvalue weighted by atomic mass is 10.1. The summed E-state index contributed by atoms with van der Waals surface area (Å²) < 4.78 is 0. The molecular formula is C9H10O3. The van der Waals surface area contributed by atoms with Gasteiger partial charge in [-0.2, -0.15) is 0 Å². The minimum atomic E-state index is -0.183. The van der Waals surface area contributed by atoms with Crippen LogP contribution in [-0.4, -0.2) is 16.5 Å². The highest BCUT2D eigenvalue weighted by Crippen LogP contribution is 2.27. The number of benzene rings is 1. The van der Waals surface area contributed by atoms with E-state index in [0.29, 0.717) is 0 Å². The van der Waals surface area contributed by atoms with Gasteiger partial charge < -0.3 is 15.0 Å². The molecule has 0 spiro atoms. The molecule has 0 aliphatic heterocycles. The molecule has 0 saturated carbocycles. The highest BCUT2D eigenvalue weighted by molar-refractivity contribution is 5.58. The molecule has 1 aromatic carbocycles. The Morgan fingerprint density at radius 2 is 1.92 bits per heavy atom. The molecule has 3 heteroatoms. The molecule has 0 unspecified atom stereocenters. The first-order valence-electron chi connectivity index (χ1n) is 3.60. The average molecular weight is 166 g/mol. The van der Waals surface area contributed by atoms with Crippen molar-refractivity contribution < 1.29 is 15.0 Å². The maximum atomic E-state index is 10.2. The van der Waals surface area contributed by atoms with Crippen LogP contribution in [0.5, 0.6) is 11.5 Å². The van der Waals surface area contributed by atoms with E-state index >= 15 is 0 Å². The number of aromatic hydroxyl groups is 2. The molecule has 2 N–H and O–H groups in total. The maximum Gasteiger partial charge on any atom is 0.157 e. The van der Waals surface area contributed by atoms with Crippen molar-refractivity contribution in [3.63, 3.8) is 0 Å². The van der Waals surface area contributed by atoms with Crippen molar-refractivity contribution in [3.05, 3.63) is 23.3 Å². The summed E-state index contributed by atoms with van der Waals surface area (Å²) in [6, 6.07) is 2.84. The van der Waals surface area contributed by atoms with Crippen molar-refractivity contribution in [1.82, 2.24) is 0 Å². The summed E-state index contributed by atoms with van der Waals surface area (Å²) >= 11 is 0. The monoisotopic (exact) mass is 166 g/mol. The van der Waals surface area contributed by atoms with E-state index in [1.165, 1.54) is 12.1 Å².